The highest BCUT2D eigenvalue weighted by molar-refractivity contribution is 6.20. The second-order valence-electron chi connectivity index (χ2n) is 6.68. The van der Waals surface area contributed by atoms with Crippen molar-refractivity contribution in [3.05, 3.63) is 76.6 Å². The highest BCUT2D eigenvalue weighted by Crippen LogP contribution is 2.31. The van der Waals surface area contributed by atoms with Gasteiger partial charge in [-0.15, -0.1) is 0 Å². The number of nitriles is 1. The molecular weight excluding hydrogens is 387 g/mol. The van der Waals surface area contributed by atoms with Crippen molar-refractivity contribution < 1.29 is 18.7 Å². The van der Waals surface area contributed by atoms with Crippen molar-refractivity contribution in [3.8, 4) is 6.07 Å². The van der Waals surface area contributed by atoms with Crippen LogP contribution in [0.15, 0.2) is 59.1 Å². The molecule has 30 heavy (non-hydrogen) atoms. The summed E-state index contributed by atoms with van der Waals surface area (Å²) in [5.74, 6) is -1.59. The number of rotatable bonds is 2. The number of hydrogen-bond acceptors (Lipinski definition) is 5. The van der Waals surface area contributed by atoms with Gasteiger partial charge in [-0.05, 0) is 12.1 Å². The van der Waals surface area contributed by atoms with Crippen LogP contribution in [-0.4, -0.2) is 48.9 Å². The molecule has 0 aromatic heterocycles. The molecule has 7 nitrogen and oxygen atoms in total. The lowest BCUT2D eigenvalue weighted by atomic mass is 10.0. The first-order chi connectivity index (χ1) is 14.6. The molecule has 1 saturated heterocycles. The molecule has 2 aliphatic heterocycles. The Morgan fingerprint density at radius 1 is 1.07 bits per heavy atom. The van der Waals surface area contributed by atoms with Gasteiger partial charge in [0.1, 0.15) is 23.3 Å². The van der Waals surface area contributed by atoms with Crippen LogP contribution in [0.5, 0.6) is 0 Å². The van der Waals surface area contributed by atoms with Gasteiger partial charge < -0.3 is 15.0 Å². The summed E-state index contributed by atoms with van der Waals surface area (Å²) in [5, 5.41) is 12.3. The van der Waals surface area contributed by atoms with E-state index in [1.54, 1.807) is 35.2 Å². The van der Waals surface area contributed by atoms with E-state index in [4.69, 9.17) is 4.74 Å². The second kappa shape index (κ2) is 8.27. The minimum atomic E-state index is -0.666. The molecule has 0 unspecified atom stereocenters. The van der Waals surface area contributed by atoms with Crippen molar-refractivity contribution in [2.24, 2.45) is 4.99 Å². The first-order valence-electron chi connectivity index (χ1n) is 9.36. The average molecular weight is 404 g/mol. The number of aliphatic imine (C=N–C) groups is 1. The third kappa shape index (κ3) is 3.58. The summed E-state index contributed by atoms with van der Waals surface area (Å²) < 4.78 is 19.2. The van der Waals surface area contributed by atoms with Gasteiger partial charge in [0.25, 0.3) is 11.8 Å². The molecule has 4 rings (SSSR count). The van der Waals surface area contributed by atoms with Crippen LogP contribution < -0.4 is 5.32 Å². The van der Waals surface area contributed by atoms with Gasteiger partial charge in [0.05, 0.1) is 24.5 Å². The predicted octanol–water partition coefficient (Wildman–Crippen LogP) is 2.11. The molecule has 0 bridgehead atoms. The van der Waals surface area contributed by atoms with Crippen molar-refractivity contribution >= 4 is 23.3 Å². The van der Waals surface area contributed by atoms with Crippen LogP contribution in [0.4, 0.5) is 4.39 Å². The first kappa shape index (κ1) is 19.5. The van der Waals surface area contributed by atoms with E-state index in [0.717, 1.165) is 0 Å². The van der Waals surface area contributed by atoms with Gasteiger partial charge in [-0.1, -0.05) is 36.4 Å². The standard InChI is InChI=1S/C22H17FN4O3/c23-18-8-4-3-7-16(18)21(28)26-20-15-6-2-1-5-14(15)19(25-20)17(13-24)22(29)27-9-11-30-12-10-27/h1-8H,9-12H2,(H,25,26,28)/b19-17-. The van der Waals surface area contributed by atoms with Crippen molar-refractivity contribution in [1.82, 2.24) is 10.2 Å². The lowest BCUT2D eigenvalue weighted by Gasteiger charge is -2.26. The molecule has 0 spiro atoms. The van der Waals surface area contributed by atoms with E-state index in [-0.39, 0.29) is 22.7 Å². The van der Waals surface area contributed by atoms with Gasteiger partial charge >= 0.3 is 0 Å². The number of amides is 2. The number of nitrogens with one attached hydrogen (secondary N) is 1. The Labute approximate surface area is 172 Å². The Hall–Kier alpha value is -3.83. The maximum absolute atomic E-state index is 14.0. The third-order valence-corrected chi connectivity index (χ3v) is 4.87. The highest BCUT2D eigenvalue weighted by Gasteiger charge is 2.30. The largest absolute Gasteiger partial charge is 0.378 e. The van der Waals surface area contributed by atoms with Crippen LogP contribution in [0, 0.1) is 17.1 Å². The summed E-state index contributed by atoms with van der Waals surface area (Å²) in [6.45, 7) is 1.59. The first-order valence-corrected chi connectivity index (χ1v) is 9.36. The van der Waals surface area contributed by atoms with E-state index in [1.807, 2.05) is 6.07 Å². The Bertz CT molecular complexity index is 1130. The van der Waals surface area contributed by atoms with E-state index in [9.17, 15) is 19.2 Å². The minimum absolute atomic E-state index is 0.112. The fourth-order valence-corrected chi connectivity index (χ4v) is 3.36. The molecule has 1 fully saturated rings. The van der Waals surface area contributed by atoms with Gasteiger partial charge in [0.2, 0.25) is 0 Å². The number of ether oxygens (including phenoxy) is 1. The highest BCUT2D eigenvalue weighted by atomic mass is 19.1. The number of carbonyl (C=O) groups is 2. The fraction of sp³-hybridized carbons (Fsp3) is 0.182. The minimum Gasteiger partial charge on any atom is -0.378 e. The van der Waals surface area contributed by atoms with E-state index in [1.165, 1.54) is 18.2 Å². The molecule has 150 valence electrons. The SMILES string of the molecule is N#C/C(C(=O)N1CCOCC1)=C1/N=C(NC(=O)c2ccccc2F)c2ccccc21. The smallest absolute Gasteiger partial charge is 0.266 e. The number of carbonyl (C=O) groups excluding carboxylic acids is 2. The molecular formula is C22H17FN4O3. The normalized spacial score (nSPS) is 16.9. The number of halogens is 1. The van der Waals surface area contributed by atoms with Crippen molar-refractivity contribution in [1.29, 1.82) is 5.26 Å². The topological polar surface area (TPSA) is 94.8 Å². The van der Waals surface area contributed by atoms with E-state index < -0.39 is 17.6 Å². The number of amidine groups is 1. The molecule has 2 aromatic carbocycles. The van der Waals surface area contributed by atoms with Gasteiger partial charge in [0.15, 0.2) is 0 Å². The molecule has 0 atom stereocenters. The summed E-state index contributed by atoms with van der Waals surface area (Å²) >= 11 is 0. The monoisotopic (exact) mass is 404 g/mol. The summed E-state index contributed by atoms with van der Waals surface area (Å²) in [4.78, 5) is 31.4. The Morgan fingerprint density at radius 2 is 1.73 bits per heavy atom. The Morgan fingerprint density at radius 3 is 2.43 bits per heavy atom. The van der Waals surface area contributed by atoms with Gasteiger partial charge in [-0.25, -0.2) is 9.38 Å². The van der Waals surface area contributed by atoms with Crippen LogP contribution in [0.3, 0.4) is 0 Å². The van der Waals surface area contributed by atoms with E-state index in [2.05, 4.69) is 10.3 Å². The number of hydrogen-bond donors (Lipinski definition) is 1. The average Bonchev–Trinajstić information content (AvgIpc) is 3.13. The zero-order valence-corrected chi connectivity index (χ0v) is 15.9. The Kier molecular flexibility index (Phi) is 5.37. The van der Waals surface area contributed by atoms with Gasteiger partial charge in [-0.2, -0.15) is 5.26 Å². The summed E-state index contributed by atoms with van der Waals surface area (Å²) in [7, 11) is 0. The second-order valence-corrected chi connectivity index (χ2v) is 6.68. The van der Waals surface area contributed by atoms with E-state index in [0.29, 0.717) is 37.4 Å². The molecule has 0 radical (unpaired) electrons. The number of benzene rings is 2. The van der Waals surface area contributed by atoms with Crippen LogP contribution in [0.2, 0.25) is 0 Å². The maximum atomic E-state index is 14.0. The zero-order chi connectivity index (χ0) is 21.1. The lowest BCUT2D eigenvalue weighted by Crippen LogP contribution is -2.41. The lowest BCUT2D eigenvalue weighted by molar-refractivity contribution is -0.130. The van der Waals surface area contributed by atoms with Gasteiger partial charge in [0, 0.05) is 24.2 Å². The van der Waals surface area contributed by atoms with Crippen molar-refractivity contribution in [2.45, 2.75) is 0 Å². The molecule has 1 N–H and O–H groups in total. The molecule has 2 aromatic rings. The molecule has 0 aliphatic carbocycles. The fourth-order valence-electron chi connectivity index (χ4n) is 3.36. The quantitative estimate of drug-likeness (QED) is 0.613. The zero-order valence-electron chi connectivity index (χ0n) is 15.9. The summed E-state index contributed by atoms with van der Waals surface area (Å²) in [5.41, 5.74) is 1.06. The van der Waals surface area contributed by atoms with Crippen molar-refractivity contribution in [2.75, 3.05) is 26.3 Å². The molecule has 2 aliphatic rings. The number of nitrogens with zero attached hydrogens (tertiary/aromatic N) is 3. The number of fused-ring (bicyclic) bond motifs is 1. The van der Waals surface area contributed by atoms with Crippen LogP contribution >= 0.6 is 0 Å². The van der Waals surface area contributed by atoms with Crippen molar-refractivity contribution in [3.63, 3.8) is 0 Å². The summed E-state index contributed by atoms with van der Waals surface area (Å²) in [6, 6.07) is 14.5. The van der Waals surface area contributed by atoms with Crippen LogP contribution in [-0.2, 0) is 9.53 Å². The van der Waals surface area contributed by atoms with E-state index >= 15 is 0 Å². The third-order valence-electron chi connectivity index (χ3n) is 4.87. The van der Waals surface area contributed by atoms with Gasteiger partial charge in [-0.3, -0.25) is 9.59 Å². The predicted molar refractivity (Wildman–Crippen MR) is 107 cm³/mol. The van der Waals surface area contributed by atoms with Crippen LogP contribution in [0.1, 0.15) is 21.5 Å². The molecule has 2 heterocycles. The molecule has 8 heteroatoms. The molecule has 2 amide bonds. The maximum Gasteiger partial charge on any atom is 0.266 e. The summed E-state index contributed by atoms with van der Waals surface area (Å²) in [6.07, 6.45) is 0. The van der Waals surface area contributed by atoms with Crippen LogP contribution in [0.25, 0.3) is 5.70 Å². The number of morpholine rings is 1. The Balaban J connectivity index is 1.72. The molecule has 0 saturated carbocycles.